The Morgan fingerprint density at radius 3 is 2.76 bits per heavy atom. The molecule has 4 atom stereocenters. The molecule has 2 aromatic rings. The van der Waals surface area contributed by atoms with Gasteiger partial charge in [0.25, 0.3) is 0 Å². The van der Waals surface area contributed by atoms with E-state index in [1.165, 1.54) is 61.6 Å². The molecule has 0 unspecified atom stereocenters. The third-order valence-corrected chi connectivity index (χ3v) is 10.3. The molecule has 2 N–H and O–H groups in total. The predicted molar refractivity (Wildman–Crippen MR) is 128 cm³/mol. The Balaban J connectivity index is 1.30. The minimum absolute atomic E-state index is 0.0856. The molecule has 6 aliphatic rings. The van der Waals surface area contributed by atoms with E-state index in [0.717, 1.165) is 43.1 Å². The van der Waals surface area contributed by atoms with E-state index in [0.29, 0.717) is 18.1 Å². The Bertz CT molecular complexity index is 1190. The van der Waals surface area contributed by atoms with Crippen LogP contribution in [-0.4, -0.2) is 44.8 Å². The van der Waals surface area contributed by atoms with Gasteiger partial charge in [-0.15, -0.1) is 0 Å². The van der Waals surface area contributed by atoms with Crippen LogP contribution >= 0.6 is 0 Å². The normalized spacial score (nSPS) is 36.0. The Hall–Kier alpha value is -2.11. The second-order valence-electron chi connectivity index (χ2n) is 12.1. The number of rotatable bonds is 3. The van der Waals surface area contributed by atoms with E-state index >= 15 is 0 Å². The van der Waals surface area contributed by atoms with Crippen molar-refractivity contribution in [2.75, 3.05) is 13.1 Å². The standard InChI is InChI=1S/C29H34N2O3/c32-22-9-8-19-13-23-29(33)14-20-12-21(18-4-2-1-3-5-18)15-30-25(20)27-28(29,24(19)26(22)34-27)10-11-31(23)16-17-6-7-17/h8-9,12,15,17-18,23,27,32-33H,1-7,10-11,13-14,16H2/t23-,27-,28-,29+/m0/s1. The molecule has 2 bridgehead atoms. The van der Waals surface area contributed by atoms with Crippen LogP contribution in [0.3, 0.4) is 0 Å². The van der Waals surface area contributed by atoms with E-state index in [9.17, 15) is 10.2 Å². The molecule has 4 aliphatic carbocycles. The van der Waals surface area contributed by atoms with Gasteiger partial charge in [-0.3, -0.25) is 9.88 Å². The molecular weight excluding hydrogens is 424 g/mol. The third-order valence-electron chi connectivity index (χ3n) is 10.3. The lowest BCUT2D eigenvalue weighted by atomic mass is 9.49. The topological polar surface area (TPSA) is 65.8 Å². The second-order valence-corrected chi connectivity index (χ2v) is 12.1. The fraction of sp³-hybridized carbons (Fsp3) is 0.621. The van der Waals surface area contributed by atoms with E-state index in [1.807, 2.05) is 0 Å². The van der Waals surface area contributed by atoms with Gasteiger partial charge in [-0.2, -0.15) is 0 Å². The van der Waals surface area contributed by atoms with Gasteiger partial charge in [-0.25, -0.2) is 0 Å². The summed E-state index contributed by atoms with van der Waals surface area (Å²) in [7, 11) is 0. The summed E-state index contributed by atoms with van der Waals surface area (Å²) in [6.45, 7) is 2.08. The number of aromatic hydroxyl groups is 1. The molecule has 1 aromatic heterocycles. The zero-order valence-electron chi connectivity index (χ0n) is 19.8. The molecule has 1 spiro atoms. The molecule has 1 aromatic carbocycles. The summed E-state index contributed by atoms with van der Waals surface area (Å²) in [6.07, 6.45) is 13.2. The Kier molecular flexibility index (Phi) is 4.00. The number of fused-ring (bicyclic) bond motifs is 2. The van der Waals surface area contributed by atoms with Gasteiger partial charge < -0.3 is 14.9 Å². The SMILES string of the molecule is Oc1ccc2c3c1O[C@H]1c4ncc(C5CCCCC5)cc4C[C@@]4(O)[C@H](C2)N(CC2CC2)CC[C@]314. The highest BCUT2D eigenvalue weighted by molar-refractivity contribution is 5.64. The first-order valence-electron chi connectivity index (χ1n) is 13.6. The molecule has 0 amide bonds. The smallest absolute Gasteiger partial charge is 0.166 e. The third kappa shape index (κ3) is 2.45. The number of aromatic nitrogens is 1. The highest BCUT2D eigenvalue weighted by Gasteiger charge is 2.72. The number of nitrogens with zero attached hydrogens (tertiary/aromatic N) is 2. The number of benzene rings is 1. The molecule has 0 radical (unpaired) electrons. The molecule has 34 heavy (non-hydrogen) atoms. The van der Waals surface area contributed by atoms with E-state index in [1.54, 1.807) is 6.07 Å². The lowest BCUT2D eigenvalue weighted by Crippen LogP contribution is -2.74. The van der Waals surface area contributed by atoms with Crippen molar-refractivity contribution in [3.8, 4) is 11.5 Å². The minimum Gasteiger partial charge on any atom is -0.504 e. The molecule has 8 rings (SSSR count). The van der Waals surface area contributed by atoms with Crippen molar-refractivity contribution in [3.63, 3.8) is 0 Å². The molecule has 178 valence electrons. The Morgan fingerprint density at radius 1 is 1.09 bits per heavy atom. The minimum atomic E-state index is -0.906. The highest BCUT2D eigenvalue weighted by atomic mass is 16.5. The molecule has 3 heterocycles. The van der Waals surface area contributed by atoms with Crippen LogP contribution in [0.4, 0.5) is 0 Å². The van der Waals surface area contributed by atoms with E-state index in [-0.39, 0.29) is 17.9 Å². The number of phenols is 1. The number of hydrogen-bond acceptors (Lipinski definition) is 5. The number of pyridine rings is 1. The lowest BCUT2D eigenvalue weighted by Gasteiger charge is -2.63. The van der Waals surface area contributed by atoms with Crippen molar-refractivity contribution >= 4 is 0 Å². The summed E-state index contributed by atoms with van der Waals surface area (Å²) < 4.78 is 6.62. The van der Waals surface area contributed by atoms with Crippen LogP contribution in [0, 0.1) is 5.92 Å². The van der Waals surface area contributed by atoms with Gasteiger partial charge >= 0.3 is 0 Å². The number of piperidine rings is 1. The molecule has 5 nitrogen and oxygen atoms in total. The van der Waals surface area contributed by atoms with E-state index in [2.05, 4.69) is 23.2 Å². The van der Waals surface area contributed by atoms with Crippen molar-refractivity contribution in [1.29, 1.82) is 0 Å². The first-order valence-corrected chi connectivity index (χ1v) is 13.6. The van der Waals surface area contributed by atoms with Crippen LogP contribution in [0.1, 0.15) is 91.3 Å². The van der Waals surface area contributed by atoms with Gasteiger partial charge in [0.2, 0.25) is 0 Å². The molecule has 2 saturated carbocycles. The first kappa shape index (κ1) is 20.1. The van der Waals surface area contributed by atoms with Crippen LogP contribution in [0.15, 0.2) is 24.4 Å². The van der Waals surface area contributed by atoms with Crippen LogP contribution in [0.5, 0.6) is 11.5 Å². The van der Waals surface area contributed by atoms with Crippen LogP contribution < -0.4 is 4.74 Å². The predicted octanol–water partition coefficient (Wildman–Crippen LogP) is 4.53. The molecule has 5 heteroatoms. The van der Waals surface area contributed by atoms with Gasteiger partial charge in [-0.1, -0.05) is 31.4 Å². The second kappa shape index (κ2) is 6.76. The summed E-state index contributed by atoms with van der Waals surface area (Å²) in [4.78, 5) is 7.65. The number of aliphatic hydroxyl groups is 1. The molecule has 1 saturated heterocycles. The van der Waals surface area contributed by atoms with Gasteiger partial charge in [0.05, 0.1) is 16.7 Å². The average Bonchev–Trinajstić information content (AvgIpc) is 3.59. The summed E-state index contributed by atoms with van der Waals surface area (Å²) >= 11 is 0. The number of likely N-dealkylation sites (tertiary alicyclic amines) is 1. The zero-order chi connectivity index (χ0) is 22.7. The Morgan fingerprint density at radius 2 is 1.94 bits per heavy atom. The monoisotopic (exact) mass is 458 g/mol. The summed E-state index contributed by atoms with van der Waals surface area (Å²) in [6, 6.07) is 6.30. The quantitative estimate of drug-likeness (QED) is 0.707. The number of hydrogen-bond donors (Lipinski definition) is 2. The average molecular weight is 459 g/mol. The van der Waals surface area contributed by atoms with Gasteiger partial charge in [0.15, 0.2) is 17.6 Å². The summed E-state index contributed by atoms with van der Waals surface area (Å²) in [5, 5.41) is 23.6. The van der Waals surface area contributed by atoms with Gasteiger partial charge in [0, 0.05) is 30.8 Å². The fourth-order valence-electron chi connectivity index (χ4n) is 8.52. The van der Waals surface area contributed by atoms with Crippen molar-refractivity contribution in [2.45, 2.75) is 93.3 Å². The lowest BCUT2D eigenvalue weighted by molar-refractivity contribution is -0.173. The first-order chi connectivity index (χ1) is 16.6. The van der Waals surface area contributed by atoms with Crippen molar-refractivity contribution in [3.05, 3.63) is 52.3 Å². The van der Waals surface area contributed by atoms with Crippen LogP contribution in [0.25, 0.3) is 0 Å². The van der Waals surface area contributed by atoms with Crippen molar-refractivity contribution in [1.82, 2.24) is 9.88 Å². The van der Waals surface area contributed by atoms with Crippen molar-refractivity contribution < 1.29 is 14.9 Å². The molecule has 3 fully saturated rings. The van der Waals surface area contributed by atoms with E-state index < -0.39 is 11.0 Å². The zero-order valence-corrected chi connectivity index (χ0v) is 19.8. The molecular formula is C29H34N2O3. The van der Waals surface area contributed by atoms with Crippen LogP contribution in [0.2, 0.25) is 0 Å². The fourth-order valence-corrected chi connectivity index (χ4v) is 8.52. The van der Waals surface area contributed by atoms with Crippen molar-refractivity contribution in [2.24, 2.45) is 5.92 Å². The number of phenolic OH excluding ortho intramolecular Hbond substituents is 1. The maximum Gasteiger partial charge on any atom is 0.166 e. The van der Waals surface area contributed by atoms with Crippen LogP contribution in [-0.2, 0) is 18.3 Å². The highest BCUT2D eigenvalue weighted by Crippen LogP contribution is 2.68. The number of ether oxygens (including phenoxy) is 1. The summed E-state index contributed by atoms with van der Waals surface area (Å²) in [5.74, 6) is 2.18. The summed E-state index contributed by atoms with van der Waals surface area (Å²) in [5.41, 5.74) is 4.39. The maximum absolute atomic E-state index is 12.8. The maximum atomic E-state index is 12.8. The Labute approximate surface area is 201 Å². The van der Waals surface area contributed by atoms with Gasteiger partial charge in [0.1, 0.15) is 0 Å². The molecule has 2 aliphatic heterocycles. The van der Waals surface area contributed by atoms with E-state index in [4.69, 9.17) is 9.72 Å². The van der Waals surface area contributed by atoms with Gasteiger partial charge in [-0.05, 0) is 79.7 Å². The largest absolute Gasteiger partial charge is 0.504 e.